The fourth-order valence-corrected chi connectivity index (χ4v) is 2.54. The minimum Gasteiger partial charge on any atom is -0.493 e. The Kier molecular flexibility index (Phi) is 6.86. The standard InChI is InChI=1S/C19H19F3N2O4/c1-11(25)24(12-4-7-15(27-2)16(10-12)28-3)9-8-23-19(26)13-5-6-14(20)18(22)17(13)21/h4-7,10H,8-9H2,1-3H3,(H,23,26). The molecule has 2 aromatic carbocycles. The van der Waals surface area contributed by atoms with Crippen LogP contribution in [0.15, 0.2) is 30.3 Å². The first-order valence-electron chi connectivity index (χ1n) is 8.22. The number of nitrogens with one attached hydrogen (secondary N) is 1. The van der Waals surface area contributed by atoms with Crippen LogP contribution in [0.4, 0.5) is 18.9 Å². The lowest BCUT2D eigenvalue weighted by atomic mass is 10.2. The predicted molar refractivity (Wildman–Crippen MR) is 96.2 cm³/mol. The summed E-state index contributed by atoms with van der Waals surface area (Å²) in [6.07, 6.45) is 0. The monoisotopic (exact) mass is 396 g/mol. The molecule has 0 bridgehead atoms. The van der Waals surface area contributed by atoms with Crippen LogP contribution in [0.25, 0.3) is 0 Å². The van der Waals surface area contributed by atoms with Crippen LogP contribution in [0, 0.1) is 17.5 Å². The van der Waals surface area contributed by atoms with E-state index in [0.29, 0.717) is 23.3 Å². The molecular formula is C19H19F3N2O4. The molecule has 0 aliphatic carbocycles. The molecule has 0 saturated carbocycles. The van der Waals surface area contributed by atoms with Crippen molar-refractivity contribution in [3.05, 3.63) is 53.3 Å². The quantitative estimate of drug-likeness (QED) is 0.731. The van der Waals surface area contributed by atoms with Gasteiger partial charge in [0, 0.05) is 31.8 Å². The van der Waals surface area contributed by atoms with Crippen molar-refractivity contribution in [2.24, 2.45) is 0 Å². The van der Waals surface area contributed by atoms with Gasteiger partial charge in [-0.15, -0.1) is 0 Å². The Balaban J connectivity index is 2.09. The molecule has 6 nitrogen and oxygen atoms in total. The lowest BCUT2D eigenvalue weighted by molar-refractivity contribution is -0.116. The van der Waals surface area contributed by atoms with Crippen molar-refractivity contribution in [1.82, 2.24) is 5.32 Å². The molecule has 0 saturated heterocycles. The van der Waals surface area contributed by atoms with Gasteiger partial charge in [0.1, 0.15) is 0 Å². The number of hydrogen-bond donors (Lipinski definition) is 1. The van der Waals surface area contributed by atoms with E-state index < -0.39 is 28.9 Å². The van der Waals surface area contributed by atoms with Gasteiger partial charge >= 0.3 is 0 Å². The molecular weight excluding hydrogens is 377 g/mol. The van der Waals surface area contributed by atoms with E-state index in [1.165, 1.54) is 26.0 Å². The SMILES string of the molecule is COc1ccc(N(CCNC(=O)c2ccc(F)c(F)c2F)C(C)=O)cc1OC. The Morgan fingerprint density at radius 2 is 1.68 bits per heavy atom. The number of hydrogen-bond acceptors (Lipinski definition) is 4. The molecule has 150 valence electrons. The molecule has 9 heteroatoms. The van der Waals surface area contributed by atoms with Crippen LogP contribution in [0.5, 0.6) is 11.5 Å². The average Bonchev–Trinajstić information content (AvgIpc) is 2.68. The number of halogens is 3. The van der Waals surface area contributed by atoms with E-state index in [2.05, 4.69) is 5.32 Å². The number of nitrogens with zero attached hydrogens (tertiary/aromatic N) is 1. The van der Waals surface area contributed by atoms with Crippen LogP contribution in [-0.4, -0.2) is 39.1 Å². The van der Waals surface area contributed by atoms with Crippen molar-refractivity contribution in [3.8, 4) is 11.5 Å². The van der Waals surface area contributed by atoms with E-state index in [1.807, 2.05) is 0 Å². The lowest BCUT2D eigenvalue weighted by Gasteiger charge is -2.22. The molecule has 0 heterocycles. The topological polar surface area (TPSA) is 67.9 Å². The van der Waals surface area contributed by atoms with Crippen molar-refractivity contribution < 1.29 is 32.2 Å². The van der Waals surface area contributed by atoms with E-state index >= 15 is 0 Å². The highest BCUT2D eigenvalue weighted by atomic mass is 19.2. The Labute approximate surface area is 159 Å². The second-order valence-electron chi connectivity index (χ2n) is 5.69. The highest BCUT2D eigenvalue weighted by molar-refractivity contribution is 5.95. The van der Waals surface area contributed by atoms with Gasteiger partial charge in [0.05, 0.1) is 19.8 Å². The number of carbonyl (C=O) groups is 2. The van der Waals surface area contributed by atoms with Crippen LogP contribution >= 0.6 is 0 Å². The molecule has 0 atom stereocenters. The van der Waals surface area contributed by atoms with Gasteiger partial charge in [0.2, 0.25) is 5.91 Å². The molecule has 0 fully saturated rings. The maximum atomic E-state index is 13.7. The van der Waals surface area contributed by atoms with Crippen LogP contribution in [-0.2, 0) is 4.79 Å². The first-order chi connectivity index (χ1) is 13.3. The summed E-state index contributed by atoms with van der Waals surface area (Å²) < 4.78 is 50.2. The zero-order valence-electron chi connectivity index (χ0n) is 15.5. The summed E-state index contributed by atoms with van der Waals surface area (Å²) in [5.74, 6) is -5.00. The van der Waals surface area contributed by atoms with Gasteiger partial charge in [0.25, 0.3) is 5.91 Å². The minimum absolute atomic E-state index is 0.0504. The summed E-state index contributed by atoms with van der Waals surface area (Å²) in [5.41, 5.74) is -0.127. The fourth-order valence-electron chi connectivity index (χ4n) is 2.54. The summed E-state index contributed by atoms with van der Waals surface area (Å²) in [6.45, 7) is 1.35. The van der Waals surface area contributed by atoms with E-state index in [1.54, 1.807) is 18.2 Å². The molecule has 0 aliphatic heterocycles. The number of amides is 2. The Morgan fingerprint density at radius 1 is 1.00 bits per heavy atom. The zero-order valence-corrected chi connectivity index (χ0v) is 15.5. The molecule has 2 aromatic rings. The Morgan fingerprint density at radius 3 is 2.29 bits per heavy atom. The maximum Gasteiger partial charge on any atom is 0.254 e. The molecule has 0 aliphatic rings. The molecule has 0 spiro atoms. The normalized spacial score (nSPS) is 10.4. The molecule has 1 N–H and O–H groups in total. The van der Waals surface area contributed by atoms with Crippen LogP contribution in [0.2, 0.25) is 0 Å². The molecule has 0 radical (unpaired) electrons. The summed E-state index contributed by atoms with van der Waals surface area (Å²) >= 11 is 0. The highest BCUT2D eigenvalue weighted by Crippen LogP contribution is 2.31. The fraction of sp³-hybridized carbons (Fsp3) is 0.263. The molecule has 0 aromatic heterocycles. The Hall–Kier alpha value is -3.23. The van der Waals surface area contributed by atoms with Gasteiger partial charge in [0.15, 0.2) is 29.0 Å². The van der Waals surface area contributed by atoms with Crippen molar-refractivity contribution >= 4 is 17.5 Å². The van der Waals surface area contributed by atoms with Gasteiger partial charge in [-0.05, 0) is 24.3 Å². The van der Waals surface area contributed by atoms with Crippen LogP contribution in [0.3, 0.4) is 0 Å². The minimum atomic E-state index is -1.72. The highest BCUT2D eigenvalue weighted by Gasteiger charge is 2.19. The smallest absolute Gasteiger partial charge is 0.254 e. The third kappa shape index (κ3) is 4.54. The molecule has 28 heavy (non-hydrogen) atoms. The predicted octanol–water partition coefficient (Wildman–Crippen LogP) is 2.90. The third-order valence-corrected chi connectivity index (χ3v) is 3.96. The average molecular weight is 396 g/mol. The van der Waals surface area contributed by atoms with Crippen LogP contribution in [0.1, 0.15) is 17.3 Å². The number of anilines is 1. The second-order valence-corrected chi connectivity index (χ2v) is 5.69. The van der Waals surface area contributed by atoms with Gasteiger partial charge in [-0.2, -0.15) is 0 Å². The van der Waals surface area contributed by atoms with Crippen molar-refractivity contribution in [3.63, 3.8) is 0 Å². The number of methoxy groups -OCH3 is 2. The zero-order chi connectivity index (χ0) is 20.8. The molecule has 0 unspecified atom stereocenters. The lowest BCUT2D eigenvalue weighted by Crippen LogP contribution is -2.37. The van der Waals surface area contributed by atoms with Gasteiger partial charge in [-0.3, -0.25) is 9.59 Å². The van der Waals surface area contributed by atoms with Gasteiger partial charge in [-0.25, -0.2) is 13.2 Å². The van der Waals surface area contributed by atoms with E-state index in [0.717, 1.165) is 6.07 Å². The third-order valence-electron chi connectivity index (χ3n) is 3.96. The maximum absolute atomic E-state index is 13.7. The van der Waals surface area contributed by atoms with Gasteiger partial charge < -0.3 is 19.7 Å². The van der Waals surface area contributed by atoms with E-state index in [4.69, 9.17) is 9.47 Å². The first kappa shape index (κ1) is 21.1. The summed E-state index contributed by atoms with van der Waals surface area (Å²) in [6, 6.07) is 6.37. The van der Waals surface area contributed by atoms with E-state index in [-0.39, 0.29) is 19.0 Å². The van der Waals surface area contributed by atoms with Crippen LogP contribution < -0.4 is 19.7 Å². The second kappa shape index (κ2) is 9.12. The van der Waals surface area contributed by atoms with Crippen molar-refractivity contribution in [2.45, 2.75) is 6.92 Å². The first-order valence-corrected chi connectivity index (χ1v) is 8.22. The summed E-state index contributed by atoms with van der Waals surface area (Å²) in [5, 5.41) is 2.37. The summed E-state index contributed by atoms with van der Waals surface area (Å²) in [4.78, 5) is 25.4. The summed E-state index contributed by atoms with van der Waals surface area (Å²) in [7, 11) is 2.93. The molecule has 2 amide bonds. The van der Waals surface area contributed by atoms with Gasteiger partial charge in [-0.1, -0.05) is 0 Å². The molecule has 2 rings (SSSR count). The Bertz CT molecular complexity index is 890. The number of benzene rings is 2. The largest absolute Gasteiger partial charge is 0.493 e. The van der Waals surface area contributed by atoms with Crippen molar-refractivity contribution in [1.29, 1.82) is 0 Å². The number of rotatable bonds is 7. The van der Waals surface area contributed by atoms with E-state index in [9.17, 15) is 22.8 Å². The van der Waals surface area contributed by atoms with Crippen molar-refractivity contribution in [2.75, 3.05) is 32.2 Å². The number of ether oxygens (including phenoxy) is 2. The number of carbonyl (C=O) groups excluding carboxylic acids is 2.